The number of rotatable bonds is 16. The molecule has 0 aliphatic heterocycles. The van der Waals surface area contributed by atoms with Crippen LogP contribution in [0.2, 0.25) is 0 Å². The van der Waals surface area contributed by atoms with E-state index in [0.29, 0.717) is 34.2 Å². The highest BCUT2D eigenvalue weighted by Crippen LogP contribution is 2.27. The lowest BCUT2D eigenvalue weighted by Gasteiger charge is -2.24. The summed E-state index contributed by atoms with van der Waals surface area (Å²) in [5, 5.41) is 9.57. The summed E-state index contributed by atoms with van der Waals surface area (Å²) in [5.41, 5.74) is 2.94. The number of hydrogen-bond donors (Lipinski definition) is 1. The van der Waals surface area contributed by atoms with E-state index in [9.17, 15) is 24.3 Å². The molecule has 10 nitrogen and oxygen atoms in total. The number of carbonyl (C=O) groups excluding carboxylic acids is 3. The Kier molecular flexibility index (Phi) is 16.7. The van der Waals surface area contributed by atoms with Crippen LogP contribution in [-0.4, -0.2) is 54.1 Å². The number of carbonyl (C=O) groups is 4. The van der Waals surface area contributed by atoms with Gasteiger partial charge in [0.25, 0.3) is 0 Å². The lowest BCUT2D eigenvalue weighted by atomic mass is 9.93. The van der Waals surface area contributed by atoms with E-state index in [1.54, 1.807) is 30.9 Å². The third-order valence-corrected chi connectivity index (χ3v) is 12.5. The Bertz CT molecular complexity index is 2370. The molecule has 0 bridgehead atoms. The molecular weight excluding hydrogens is 928 g/mol. The molecule has 0 radical (unpaired) electrons. The number of hydrogen-bond acceptors (Lipinski definition) is 11. The minimum absolute atomic E-state index is 0.00340. The summed E-state index contributed by atoms with van der Waals surface area (Å²) in [5.74, 6) is -1.52. The first kappa shape index (κ1) is 46.3. The Morgan fingerprint density at radius 2 is 1.00 bits per heavy atom. The van der Waals surface area contributed by atoms with Crippen molar-refractivity contribution in [3.8, 4) is 22.8 Å². The Morgan fingerprint density at radius 3 is 1.35 bits per heavy atom. The fraction of sp³-hybridized carbons (Fsp3) is 0.304. The fourth-order valence-corrected chi connectivity index (χ4v) is 8.23. The molecule has 0 unspecified atom stereocenters. The smallest absolute Gasteiger partial charge is 0.310 e. The van der Waals surface area contributed by atoms with Gasteiger partial charge in [-0.2, -0.15) is 0 Å². The van der Waals surface area contributed by atoms with Gasteiger partial charge in [-0.15, -0.1) is 22.7 Å². The zero-order chi connectivity index (χ0) is 43.4. The molecule has 60 heavy (non-hydrogen) atoms. The van der Waals surface area contributed by atoms with E-state index in [0.717, 1.165) is 53.8 Å². The van der Waals surface area contributed by atoms with Gasteiger partial charge in [-0.05, 0) is 114 Å². The van der Waals surface area contributed by atoms with Crippen molar-refractivity contribution in [1.82, 2.24) is 19.9 Å². The molecule has 312 valence electrons. The third-order valence-electron chi connectivity index (χ3n) is 9.15. The van der Waals surface area contributed by atoms with Crippen molar-refractivity contribution in [2.45, 2.75) is 78.7 Å². The zero-order valence-electron chi connectivity index (χ0n) is 34.0. The summed E-state index contributed by atoms with van der Waals surface area (Å²) in [6.45, 7) is 9.60. The van der Waals surface area contributed by atoms with E-state index >= 15 is 0 Å². The summed E-state index contributed by atoms with van der Waals surface area (Å²) in [6.07, 6.45) is 9.36. The highest BCUT2D eigenvalue weighted by molar-refractivity contribution is 9.10. The number of aromatic nitrogens is 4. The maximum absolute atomic E-state index is 12.9. The second-order valence-electron chi connectivity index (χ2n) is 15.0. The minimum atomic E-state index is -0.957. The highest BCUT2D eigenvalue weighted by atomic mass is 79.9. The van der Waals surface area contributed by atoms with E-state index < -0.39 is 23.4 Å². The third kappa shape index (κ3) is 13.9. The largest absolute Gasteiger partial charge is 0.481 e. The summed E-state index contributed by atoms with van der Waals surface area (Å²) in [6, 6.07) is 22.8. The molecule has 14 heteroatoms. The van der Waals surface area contributed by atoms with E-state index in [-0.39, 0.29) is 30.4 Å². The van der Waals surface area contributed by atoms with Crippen LogP contribution in [0.25, 0.3) is 22.8 Å². The first-order chi connectivity index (χ1) is 28.6. The molecular formula is C46H46Br2N4O6S2. The van der Waals surface area contributed by atoms with Gasteiger partial charge in [-0.25, -0.2) is 19.9 Å². The highest BCUT2D eigenvalue weighted by Gasteiger charge is 2.29. The van der Waals surface area contributed by atoms with Crippen molar-refractivity contribution in [2.75, 3.05) is 0 Å². The molecule has 0 saturated heterocycles. The van der Waals surface area contributed by atoms with Gasteiger partial charge in [0.2, 0.25) is 0 Å². The number of aryl methyl sites for hydroxylation is 2. The predicted molar refractivity (Wildman–Crippen MR) is 243 cm³/mol. The summed E-state index contributed by atoms with van der Waals surface area (Å²) < 4.78 is 7.25. The number of carboxylic acid groups (broad SMARTS) is 1. The van der Waals surface area contributed by atoms with E-state index in [2.05, 4.69) is 58.7 Å². The molecule has 0 spiro atoms. The van der Waals surface area contributed by atoms with Crippen molar-refractivity contribution >= 4 is 78.0 Å². The van der Waals surface area contributed by atoms with E-state index in [1.165, 1.54) is 22.7 Å². The van der Waals surface area contributed by atoms with Crippen LogP contribution in [0.3, 0.4) is 0 Å². The average molecular weight is 975 g/mol. The Labute approximate surface area is 375 Å². The van der Waals surface area contributed by atoms with Gasteiger partial charge in [-0.1, -0.05) is 62.4 Å². The molecule has 6 aromatic rings. The fourth-order valence-electron chi connectivity index (χ4n) is 6.03. The Balaban J connectivity index is 0.000000230. The van der Waals surface area contributed by atoms with Crippen molar-refractivity contribution in [1.29, 1.82) is 0 Å². The van der Waals surface area contributed by atoms with Crippen LogP contribution < -0.4 is 0 Å². The maximum Gasteiger partial charge on any atom is 0.310 e. The number of thiophene rings is 2. The second kappa shape index (κ2) is 21.7. The van der Waals surface area contributed by atoms with Gasteiger partial charge in [0.1, 0.15) is 5.60 Å². The van der Waals surface area contributed by atoms with Gasteiger partial charge in [0.05, 0.1) is 30.5 Å². The molecule has 4 aromatic heterocycles. The van der Waals surface area contributed by atoms with Crippen LogP contribution in [0, 0.1) is 11.8 Å². The van der Waals surface area contributed by atoms with Crippen LogP contribution in [-0.2, 0) is 40.0 Å². The molecule has 2 aromatic carbocycles. The standard InChI is InChI=1S/C25H27BrN2O3S.C21H19BrN2O3S/c1-5-20-10-11-22(32-20)21(29)13-18(24(30)31-25(2,3)4)12-16-6-8-17(9-7-16)23-27-14-19(26)15-28-23;1-2-17-7-8-19(28-17)18(25)10-15(21(26)27)9-13-3-5-14(6-4-13)20-23-11-16(22)12-24-20/h6-11,14-15,18H,5,12-13H2,1-4H3;3-8,11-12,15H,2,9-10H2,1H3,(H,26,27)/t18-;15-/m11/s1. The predicted octanol–water partition coefficient (Wildman–Crippen LogP) is 11.3. The lowest BCUT2D eigenvalue weighted by Crippen LogP contribution is -2.31. The topological polar surface area (TPSA) is 149 Å². The molecule has 2 atom stereocenters. The number of nitrogens with zero attached hydrogens (tertiary/aromatic N) is 4. The Hall–Kier alpha value is -4.76. The van der Waals surface area contributed by atoms with Gasteiger partial charge < -0.3 is 9.84 Å². The number of ketones is 2. The lowest BCUT2D eigenvalue weighted by molar-refractivity contribution is -0.159. The average Bonchev–Trinajstić information content (AvgIpc) is 3.92. The molecule has 0 fully saturated rings. The number of aliphatic carboxylic acids is 1. The number of halogens is 2. The van der Waals surface area contributed by atoms with Gasteiger partial charge >= 0.3 is 11.9 Å². The van der Waals surface area contributed by atoms with Crippen molar-refractivity contribution in [2.24, 2.45) is 11.8 Å². The number of Topliss-reactive ketones (excluding diaryl/α,β-unsaturated/α-hetero) is 2. The summed E-state index contributed by atoms with van der Waals surface area (Å²) in [4.78, 5) is 70.7. The van der Waals surface area contributed by atoms with Crippen molar-refractivity contribution in [3.05, 3.63) is 137 Å². The summed E-state index contributed by atoms with van der Waals surface area (Å²) in [7, 11) is 0. The van der Waals surface area contributed by atoms with Crippen molar-refractivity contribution in [3.63, 3.8) is 0 Å². The minimum Gasteiger partial charge on any atom is -0.481 e. The van der Waals surface area contributed by atoms with Crippen molar-refractivity contribution < 1.29 is 29.0 Å². The van der Waals surface area contributed by atoms with Gasteiger partial charge in [0, 0.05) is 58.5 Å². The van der Waals surface area contributed by atoms with Gasteiger partial charge in [-0.3, -0.25) is 19.2 Å². The van der Waals surface area contributed by atoms with Gasteiger partial charge in [0.15, 0.2) is 23.2 Å². The Morgan fingerprint density at radius 1 is 0.617 bits per heavy atom. The molecule has 0 amide bonds. The van der Waals surface area contributed by atoms with E-state index in [1.807, 2.05) is 94.4 Å². The normalized spacial score (nSPS) is 12.2. The monoisotopic (exact) mass is 972 g/mol. The quantitative estimate of drug-likeness (QED) is 0.0733. The van der Waals surface area contributed by atoms with Crippen LogP contribution >= 0.6 is 54.5 Å². The molecule has 4 heterocycles. The number of carboxylic acids is 1. The first-order valence-electron chi connectivity index (χ1n) is 19.4. The molecule has 0 aliphatic carbocycles. The molecule has 1 N–H and O–H groups in total. The molecule has 0 aliphatic rings. The maximum atomic E-state index is 12.9. The molecule has 6 rings (SSSR count). The van der Waals surface area contributed by atoms with Crippen LogP contribution in [0.15, 0.2) is 107 Å². The number of esters is 1. The molecule has 0 saturated carbocycles. The van der Waals surface area contributed by atoms with Crippen LogP contribution in [0.5, 0.6) is 0 Å². The number of benzene rings is 2. The van der Waals surface area contributed by atoms with E-state index in [4.69, 9.17) is 4.74 Å². The first-order valence-corrected chi connectivity index (χ1v) is 22.7. The summed E-state index contributed by atoms with van der Waals surface area (Å²) >= 11 is 9.58. The second-order valence-corrected chi connectivity index (χ2v) is 19.2. The zero-order valence-corrected chi connectivity index (χ0v) is 38.8. The van der Waals surface area contributed by atoms with Crippen LogP contribution in [0.4, 0.5) is 0 Å². The SMILES string of the molecule is CCc1ccc(C(=O)C[C@@H](Cc2ccc(-c3ncc(Br)cn3)cc2)C(=O)O)s1.CCc1ccc(C(=O)C[C@@H](Cc2ccc(-c3ncc(Br)cn3)cc2)C(=O)OC(C)(C)C)s1. The number of ether oxygens (including phenoxy) is 1. The van der Waals surface area contributed by atoms with Crippen LogP contribution in [0.1, 0.15) is 87.7 Å².